The van der Waals surface area contributed by atoms with Crippen molar-refractivity contribution in [1.29, 1.82) is 0 Å². The predicted octanol–water partition coefficient (Wildman–Crippen LogP) is 3.88. The fraction of sp³-hybridized carbons (Fsp3) is 0.435. The Hall–Kier alpha value is -2.20. The Morgan fingerprint density at radius 1 is 0.926 bits per heavy atom. The molecule has 3 nitrogen and oxygen atoms in total. The van der Waals surface area contributed by atoms with E-state index in [-0.39, 0.29) is 11.2 Å². The van der Waals surface area contributed by atoms with Crippen molar-refractivity contribution in [3.05, 3.63) is 71.5 Å². The maximum absolute atomic E-state index is 13.3. The van der Waals surface area contributed by atoms with E-state index >= 15 is 0 Å². The van der Waals surface area contributed by atoms with E-state index in [2.05, 4.69) is 29.2 Å². The van der Waals surface area contributed by atoms with Gasteiger partial charge >= 0.3 is 0 Å². The summed E-state index contributed by atoms with van der Waals surface area (Å²) < 4.78 is 13.1. The molecule has 0 aromatic heterocycles. The molecule has 2 saturated heterocycles. The topological polar surface area (TPSA) is 23.6 Å². The molecule has 0 aliphatic carbocycles. The van der Waals surface area contributed by atoms with E-state index in [4.69, 9.17) is 0 Å². The average Bonchev–Trinajstić information content (AvgIpc) is 3.10. The summed E-state index contributed by atoms with van der Waals surface area (Å²) in [7, 11) is 0. The summed E-state index contributed by atoms with van der Waals surface area (Å²) >= 11 is 0. The zero-order valence-electron chi connectivity index (χ0n) is 15.7. The second-order valence-electron chi connectivity index (χ2n) is 8.00. The molecule has 1 unspecified atom stereocenters. The van der Waals surface area contributed by atoms with Crippen LogP contribution < -0.4 is 0 Å². The van der Waals surface area contributed by atoms with Gasteiger partial charge < -0.3 is 9.80 Å². The van der Waals surface area contributed by atoms with Gasteiger partial charge in [-0.2, -0.15) is 0 Å². The van der Waals surface area contributed by atoms with Crippen molar-refractivity contribution >= 4 is 5.91 Å². The highest BCUT2D eigenvalue weighted by Gasteiger charge is 2.47. The van der Waals surface area contributed by atoms with Gasteiger partial charge in [0.2, 0.25) is 5.91 Å². The number of hydrogen-bond acceptors (Lipinski definition) is 2. The van der Waals surface area contributed by atoms with Crippen LogP contribution in [-0.4, -0.2) is 41.9 Å². The van der Waals surface area contributed by atoms with Gasteiger partial charge in [0.05, 0.1) is 5.41 Å². The first-order valence-electron chi connectivity index (χ1n) is 9.95. The smallest absolute Gasteiger partial charge is 0.230 e. The van der Waals surface area contributed by atoms with Gasteiger partial charge in [0.25, 0.3) is 0 Å². The molecule has 2 fully saturated rings. The molecule has 0 N–H and O–H groups in total. The van der Waals surface area contributed by atoms with Crippen molar-refractivity contribution in [2.24, 2.45) is 5.41 Å². The zero-order valence-corrected chi connectivity index (χ0v) is 15.7. The third-order valence-electron chi connectivity index (χ3n) is 6.10. The first-order valence-corrected chi connectivity index (χ1v) is 9.95. The Morgan fingerprint density at radius 3 is 2.48 bits per heavy atom. The Morgan fingerprint density at radius 2 is 1.70 bits per heavy atom. The molecular formula is C23H27FN2O. The van der Waals surface area contributed by atoms with E-state index in [0.29, 0.717) is 12.5 Å². The van der Waals surface area contributed by atoms with Gasteiger partial charge in [-0.05, 0) is 55.5 Å². The monoisotopic (exact) mass is 366 g/mol. The maximum atomic E-state index is 13.3. The van der Waals surface area contributed by atoms with E-state index in [1.54, 1.807) is 12.1 Å². The quantitative estimate of drug-likeness (QED) is 0.802. The normalized spacial score (nSPS) is 23.3. The van der Waals surface area contributed by atoms with Crippen molar-refractivity contribution in [1.82, 2.24) is 9.80 Å². The lowest BCUT2D eigenvalue weighted by Crippen LogP contribution is -2.49. The van der Waals surface area contributed by atoms with Gasteiger partial charge in [-0.3, -0.25) is 4.79 Å². The van der Waals surface area contributed by atoms with Gasteiger partial charge in [0, 0.05) is 26.2 Å². The fourth-order valence-corrected chi connectivity index (χ4v) is 4.57. The number of piperidine rings is 1. The highest BCUT2D eigenvalue weighted by molar-refractivity contribution is 5.84. The van der Waals surface area contributed by atoms with Crippen LogP contribution in [0.25, 0.3) is 0 Å². The highest BCUT2D eigenvalue weighted by atomic mass is 19.1. The lowest BCUT2D eigenvalue weighted by Gasteiger charge is -2.39. The second-order valence-corrected chi connectivity index (χ2v) is 8.00. The number of rotatable bonds is 5. The van der Waals surface area contributed by atoms with E-state index in [1.165, 1.54) is 17.7 Å². The van der Waals surface area contributed by atoms with Crippen LogP contribution in [0.15, 0.2) is 54.6 Å². The number of carbonyl (C=O) groups excluding carboxylic acids is 1. The molecule has 4 heteroatoms. The molecule has 2 heterocycles. The van der Waals surface area contributed by atoms with Crippen LogP contribution in [0, 0.1) is 11.2 Å². The van der Waals surface area contributed by atoms with Crippen LogP contribution in [0.2, 0.25) is 0 Å². The number of likely N-dealkylation sites (tertiary alicyclic amines) is 2. The minimum absolute atomic E-state index is 0.213. The standard InChI is InChI=1S/C23H27FN2O/c24-21-9-7-20(8-10-21)17-26-14-4-12-23(22(26)27)13-16-25(18-23)15-11-19-5-2-1-3-6-19/h1-3,5-10H,4,11-18H2. The first-order chi connectivity index (χ1) is 13.1. The van der Waals surface area contributed by atoms with Gasteiger partial charge in [-0.1, -0.05) is 42.5 Å². The number of nitrogens with zero attached hydrogens (tertiary/aromatic N) is 2. The molecule has 142 valence electrons. The SMILES string of the molecule is O=C1N(Cc2ccc(F)cc2)CCCC12CCN(CCc1ccccc1)C2. The zero-order chi connectivity index (χ0) is 18.7. The van der Waals surface area contributed by atoms with Crippen molar-refractivity contribution in [2.45, 2.75) is 32.2 Å². The Labute approximate surface area is 160 Å². The molecule has 0 radical (unpaired) electrons. The minimum Gasteiger partial charge on any atom is -0.338 e. The van der Waals surface area contributed by atoms with E-state index in [9.17, 15) is 9.18 Å². The molecule has 2 aromatic carbocycles. The Bertz CT molecular complexity index is 777. The maximum Gasteiger partial charge on any atom is 0.230 e. The minimum atomic E-state index is -0.231. The summed E-state index contributed by atoms with van der Waals surface area (Å²) in [6.07, 6.45) is 4.04. The third kappa shape index (κ3) is 4.06. The molecule has 0 bridgehead atoms. The number of benzene rings is 2. The van der Waals surface area contributed by atoms with Crippen molar-refractivity contribution in [3.63, 3.8) is 0 Å². The second kappa shape index (κ2) is 7.81. The first kappa shape index (κ1) is 18.2. The number of carbonyl (C=O) groups is 1. The largest absolute Gasteiger partial charge is 0.338 e. The van der Waals surface area contributed by atoms with Gasteiger partial charge in [0.1, 0.15) is 5.82 Å². The molecule has 2 aliphatic rings. The summed E-state index contributed by atoms with van der Waals surface area (Å²) in [4.78, 5) is 17.7. The van der Waals surface area contributed by atoms with Gasteiger partial charge in [-0.15, -0.1) is 0 Å². The molecule has 2 aromatic rings. The molecular weight excluding hydrogens is 339 g/mol. The summed E-state index contributed by atoms with van der Waals surface area (Å²) in [6.45, 7) is 4.28. The molecule has 1 spiro atoms. The van der Waals surface area contributed by atoms with E-state index in [1.807, 2.05) is 11.0 Å². The molecule has 0 saturated carbocycles. The van der Waals surface area contributed by atoms with Gasteiger partial charge in [0.15, 0.2) is 0 Å². The average molecular weight is 366 g/mol. The van der Waals surface area contributed by atoms with Crippen LogP contribution in [-0.2, 0) is 17.8 Å². The summed E-state index contributed by atoms with van der Waals surface area (Å²) in [5.41, 5.74) is 2.14. The van der Waals surface area contributed by atoms with E-state index < -0.39 is 0 Å². The third-order valence-corrected chi connectivity index (χ3v) is 6.10. The molecule has 4 rings (SSSR count). The van der Waals surface area contributed by atoms with E-state index in [0.717, 1.165) is 57.4 Å². The fourth-order valence-electron chi connectivity index (χ4n) is 4.57. The number of amides is 1. The molecule has 1 atom stereocenters. The predicted molar refractivity (Wildman–Crippen MR) is 105 cm³/mol. The van der Waals surface area contributed by atoms with Crippen molar-refractivity contribution in [2.75, 3.05) is 26.2 Å². The highest BCUT2D eigenvalue weighted by Crippen LogP contribution is 2.40. The Balaban J connectivity index is 1.37. The Kier molecular flexibility index (Phi) is 5.26. The van der Waals surface area contributed by atoms with Crippen LogP contribution in [0.1, 0.15) is 30.4 Å². The van der Waals surface area contributed by atoms with Crippen LogP contribution in [0.5, 0.6) is 0 Å². The van der Waals surface area contributed by atoms with Crippen molar-refractivity contribution < 1.29 is 9.18 Å². The van der Waals surface area contributed by atoms with Crippen LogP contribution in [0.3, 0.4) is 0 Å². The molecule has 2 aliphatic heterocycles. The lowest BCUT2D eigenvalue weighted by molar-refractivity contribution is -0.146. The molecule has 27 heavy (non-hydrogen) atoms. The van der Waals surface area contributed by atoms with Gasteiger partial charge in [-0.25, -0.2) is 4.39 Å². The summed E-state index contributed by atoms with van der Waals surface area (Å²) in [5, 5.41) is 0. The molecule has 1 amide bonds. The lowest BCUT2D eigenvalue weighted by atomic mass is 9.78. The number of halogens is 1. The van der Waals surface area contributed by atoms with Crippen LogP contribution >= 0.6 is 0 Å². The summed E-state index contributed by atoms with van der Waals surface area (Å²) in [6, 6.07) is 17.1. The summed E-state index contributed by atoms with van der Waals surface area (Å²) in [5.74, 6) is 0.0605. The number of hydrogen-bond donors (Lipinski definition) is 0. The van der Waals surface area contributed by atoms with Crippen molar-refractivity contribution in [3.8, 4) is 0 Å². The van der Waals surface area contributed by atoms with Crippen LogP contribution in [0.4, 0.5) is 4.39 Å².